The SMILES string of the molecule is COc1cccc(OC(C)C(=O)NCCOc2ccc(C)cc2C)c1. The van der Waals surface area contributed by atoms with E-state index >= 15 is 0 Å². The van der Waals surface area contributed by atoms with Gasteiger partial charge in [0.2, 0.25) is 0 Å². The van der Waals surface area contributed by atoms with E-state index in [2.05, 4.69) is 11.4 Å². The molecule has 2 aromatic carbocycles. The van der Waals surface area contributed by atoms with Crippen LogP contribution in [0, 0.1) is 13.8 Å². The van der Waals surface area contributed by atoms with Crippen LogP contribution >= 0.6 is 0 Å². The smallest absolute Gasteiger partial charge is 0.260 e. The third kappa shape index (κ3) is 5.71. The molecule has 0 radical (unpaired) electrons. The van der Waals surface area contributed by atoms with Crippen molar-refractivity contribution < 1.29 is 19.0 Å². The molecule has 0 aromatic heterocycles. The highest BCUT2D eigenvalue weighted by Crippen LogP contribution is 2.20. The standard InChI is InChI=1S/C20H25NO4/c1-14-8-9-19(15(2)12-14)24-11-10-21-20(22)16(3)25-18-7-5-6-17(13-18)23-4/h5-9,12-13,16H,10-11H2,1-4H3,(H,21,22). The number of benzene rings is 2. The van der Waals surface area contributed by atoms with Gasteiger partial charge in [-0.3, -0.25) is 4.79 Å². The van der Waals surface area contributed by atoms with Crippen molar-refractivity contribution in [3.63, 3.8) is 0 Å². The van der Waals surface area contributed by atoms with E-state index in [1.54, 1.807) is 26.2 Å². The van der Waals surface area contributed by atoms with Crippen molar-refractivity contribution in [2.24, 2.45) is 0 Å². The van der Waals surface area contributed by atoms with Crippen LogP contribution in [0.1, 0.15) is 18.1 Å². The first-order valence-corrected chi connectivity index (χ1v) is 8.28. The zero-order valence-corrected chi connectivity index (χ0v) is 15.2. The van der Waals surface area contributed by atoms with Gasteiger partial charge in [0, 0.05) is 6.07 Å². The minimum atomic E-state index is -0.604. The van der Waals surface area contributed by atoms with Crippen LogP contribution in [0.25, 0.3) is 0 Å². The molecule has 1 atom stereocenters. The molecule has 0 spiro atoms. The Morgan fingerprint density at radius 2 is 1.88 bits per heavy atom. The molecular formula is C20H25NO4. The van der Waals surface area contributed by atoms with Crippen LogP contribution in [0.5, 0.6) is 17.2 Å². The van der Waals surface area contributed by atoms with Gasteiger partial charge in [0.05, 0.1) is 13.7 Å². The topological polar surface area (TPSA) is 56.8 Å². The zero-order valence-electron chi connectivity index (χ0n) is 15.2. The zero-order chi connectivity index (χ0) is 18.2. The minimum absolute atomic E-state index is 0.188. The van der Waals surface area contributed by atoms with Gasteiger partial charge in [0.15, 0.2) is 6.10 Å². The molecule has 0 fully saturated rings. The molecule has 2 rings (SSSR count). The lowest BCUT2D eigenvalue weighted by molar-refractivity contribution is -0.127. The number of hydrogen-bond acceptors (Lipinski definition) is 4. The van der Waals surface area contributed by atoms with Gasteiger partial charge in [-0.15, -0.1) is 0 Å². The lowest BCUT2D eigenvalue weighted by Crippen LogP contribution is -2.38. The molecule has 5 heteroatoms. The molecule has 5 nitrogen and oxygen atoms in total. The van der Waals surface area contributed by atoms with Crippen molar-refractivity contribution in [1.29, 1.82) is 0 Å². The summed E-state index contributed by atoms with van der Waals surface area (Å²) in [7, 11) is 1.59. The maximum atomic E-state index is 12.1. The molecule has 1 unspecified atom stereocenters. The average Bonchev–Trinajstić information content (AvgIpc) is 2.60. The van der Waals surface area contributed by atoms with Crippen molar-refractivity contribution in [3.8, 4) is 17.2 Å². The van der Waals surface area contributed by atoms with E-state index in [-0.39, 0.29) is 5.91 Å². The Kier molecular flexibility index (Phi) is 6.69. The fourth-order valence-corrected chi connectivity index (χ4v) is 2.37. The lowest BCUT2D eigenvalue weighted by Gasteiger charge is -2.16. The lowest BCUT2D eigenvalue weighted by atomic mass is 10.1. The molecule has 0 saturated carbocycles. The highest BCUT2D eigenvalue weighted by atomic mass is 16.5. The first-order valence-electron chi connectivity index (χ1n) is 8.28. The molecule has 134 valence electrons. The Hall–Kier alpha value is -2.69. The van der Waals surface area contributed by atoms with Crippen LogP contribution in [0.4, 0.5) is 0 Å². The summed E-state index contributed by atoms with van der Waals surface area (Å²) >= 11 is 0. The van der Waals surface area contributed by atoms with Gasteiger partial charge < -0.3 is 19.5 Å². The summed E-state index contributed by atoms with van der Waals surface area (Å²) in [5.74, 6) is 1.92. The summed E-state index contributed by atoms with van der Waals surface area (Å²) < 4.78 is 16.5. The van der Waals surface area contributed by atoms with E-state index in [1.165, 1.54) is 5.56 Å². The first-order chi connectivity index (χ1) is 12.0. The monoisotopic (exact) mass is 343 g/mol. The van der Waals surface area contributed by atoms with Gasteiger partial charge >= 0.3 is 0 Å². The van der Waals surface area contributed by atoms with E-state index in [9.17, 15) is 4.79 Å². The minimum Gasteiger partial charge on any atom is -0.497 e. The molecule has 0 saturated heterocycles. The predicted molar refractivity (Wildman–Crippen MR) is 97.5 cm³/mol. The van der Waals surface area contributed by atoms with Gasteiger partial charge in [-0.05, 0) is 44.5 Å². The molecule has 0 aliphatic rings. The summed E-state index contributed by atoms with van der Waals surface area (Å²) in [5.41, 5.74) is 2.28. The van der Waals surface area contributed by atoms with Gasteiger partial charge in [0.1, 0.15) is 23.9 Å². The predicted octanol–water partition coefficient (Wildman–Crippen LogP) is 3.27. The maximum absolute atomic E-state index is 12.1. The Balaban J connectivity index is 1.75. The molecule has 1 N–H and O–H groups in total. The Morgan fingerprint density at radius 1 is 1.12 bits per heavy atom. The van der Waals surface area contributed by atoms with E-state index in [1.807, 2.05) is 38.1 Å². The number of aryl methyl sites for hydroxylation is 2. The summed E-state index contributed by atoms with van der Waals surface area (Å²) in [5, 5.41) is 2.81. The summed E-state index contributed by atoms with van der Waals surface area (Å²) in [4.78, 5) is 12.1. The number of ether oxygens (including phenoxy) is 3. The number of carbonyl (C=O) groups is 1. The average molecular weight is 343 g/mol. The third-order valence-corrected chi connectivity index (χ3v) is 3.71. The van der Waals surface area contributed by atoms with Crippen LogP contribution in [-0.4, -0.2) is 32.3 Å². The summed E-state index contributed by atoms with van der Waals surface area (Å²) in [6.07, 6.45) is -0.604. The van der Waals surface area contributed by atoms with Crippen LogP contribution in [0.3, 0.4) is 0 Å². The second-order valence-corrected chi connectivity index (χ2v) is 5.85. The first kappa shape index (κ1) is 18.6. The highest BCUT2D eigenvalue weighted by Gasteiger charge is 2.14. The van der Waals surface area contributed by atoms with E-state index < -0.39 is 6.10 Å². The Morgan fingerprint density at radius 3 is 2.60 bits per heavy atom. The van der Waals surface area contributed by atoms with E-state index in [0.29, 0.717) is 24.7 Å². The molecular weight excluding hydrogens is 318 g/mol. The van der Waals surface area contributed by atoms with Crippen LogP contribution < -0.4 is 19.5 Å². The Bertz CT molecular complexity index is 715. The number of amides is 1. The van der Waals surface area contributed by atoms with Crippen LogP contribution in [-0.2, 0) is 4.79 Å². The fraction of sp³-hybridized carbons (Fsp3) is 0.350. The van der Waals surface area contributed by atoms with Crippen molar-refractivity contribution in [3.05, 3.63) is 53.6 Å². The molecule has 2 aromatic rings. The van der Waals surface area contributed by atoms with Crippen molar-refractivity contribution in [1.82, 2.24) is 5.32 Å². The number of rotatable bonds is 8. The number of carbonyl (C=O) groups excluding carboxylic acids is 1. The second-order valence-electron chi connectivity index (χ2n) is 5.85. The largest absolute Gasteiger partial charge is 0.497 e. The second kappa shape index (κ2) is 8.97. The van der Waals surface area contributed by atoms with Crippen LogP contribution in [0.15, 0.2) is 42.5 Å². The van der Waals surface area contributed by atoms with Crippen molar-refractivity contribution in [2.75, 3.05) is 20.3 Å². The highest BCUT2D eigenvalue weighted by molar-refractivity contribution is 5.80. The fourth-order valence-electron chi connectivity index (χ4n) is 2.37. The third-order valence-electron chi connectivity index (χ3n) is 3.71. The molecule has 1 amide bonds. The van der Waals surface area contributed by atoms with Gasteiger partial charge in [-0.2, -0.15) is 0 Å². The maximum Gasteiger partial charge on any atom is 0.260 e. The van der Waals surface area contributed by atoms with E-state index in [0.717, 1.165) is 11.3 Å². The number of hydrogen-bond donors (Lipinski definition) is 1. The van der Waals surface area contributed by atoms with Crippen molar-refractivity contribution in [2.45, 2.75) is 26.9 Å². The van der Waals surface area contributed by atoms with Gasteiger partial charge in [-0.25, -0.2) is 0 Å². The quantitative estimate of drug-likeness (QED) is 0.748. The van der Waals surface area contributed by atoms with Crippen molar-refractivity contribution >= 4 is 5.91 Å². The number of nitrogens with one attached hydrogen (secondary N) is 1. The molecule has 0 aliphatic heterocycles. The molecule has 0 aliphatic carbocycles. The van der Waals surface area contributed by atoms with Crippen LogP contribution in [0.2, 0.25) is 0 Å². The van der Waals surface area contributed by atoms with Gasteiger partial charge in [-0.1, -0.05) is 23.8 Å². The molecule has 0 bridgehead atoms. The van der Waals surface area contributed by atoms with Gasteiger partial charge in [0.25, 0.3) is 5.91 Å². The number of methoxy groups -OCH3 is 1. The normalized spacial score (nSPS) is 11.5. The Labute approximate surface area is 148 Å². The summed E-state index contributed by atoms with van der Waals surface area (Å²) in [6, 6.07) is 13.2. The summed E-state index contributed by atoms with van der Waals surface area (Å²) in [6.45, 7) is 6.57. The molecule has 0 heterocycles. The molecule has 25 heavy (non-hydrogen) atoms. The van der Waals surface area contributed by atoms with E-state index in [4.69, 9.17) is 14.2 Å².